The van der Waals surface area contributed by atoms with E-state index in [-0.39, 0.29) is 0 Å². The van der Waals surface area contributed by atoms with Crippen LogP contribution in [0.2, 0.25) is 0 Å². The van der Waals surface area contributed by atoms with Gasteiger partial charge in [0, 0.05) is 0 Å². The molecule has 0 aromatic rings. The van der Waals surface area contributed by atoms with Gasteiger partial charge in [0.1, 0.15) is 0 Å². The molecular weight excluding hydrogens is 160 g/mol. The molecule has 0 unspecified atom stereocenters. The minimum atomic E-state index is 0.615. The van der Waals surface area contributed by atoms with Gasteiger partial charge in [-0.1, -0.05) is 13.8 Å². The normalized spacial score (nSPS) is 27.2. The maximum Gasteiger partial charge on any atom is 0.0522 e. The summed E-state index contributed by atoms with van der Waals surface area (Å²) in [5, 5.41) is 0. The van der Waals surface area contributed by atoms with E-state index in [1.54, 1.807) is 0 Å². The van der Waals surface area contributed by atoms with Crippen LogP contribution in [-0.2, 0) is 4.74 Å². The van der Waals surface area contributed by atoms with Crippen LogP contribution in [0.25, 0.3) is 0 Å². The molecule has 76 valence electrons. The molecule has 2 aliphatic carbocycles. The largest absolute Gasteiger partial charge is 0.380 e. The van der Waals surface area contributed by atoms with E-state index in [2.05, 4.69) is 13.8 Å². The first-order valence-corrected chi connectivity index (χ1v) is 5.82. The molecule has 2 saturated carbocycles. The molecule has 0 spiro atoms. The summed E-state index contributed by atoms with van der Waals surface area (Å²) in [7, 11) is 0. The topological polar surface area (TPSA) is 9.23 Å². The molecule has 0 aromatic carbocycles. The second-order valence-corrected chi connectivity index (χ2v) is 5.20. The van der Waals surface area contributed by atoms with Crippen molar-refractivity contribution in [2.24, 2.45) is 10.8 Å². The van der Waals surface area contributed by atoms with Crippen LogP contribution in [0, 0.1) is 10.8 Å². The Morgan fingerprint density at radius 2 is 1.23 bits per heavy atom. The number of hydrogen-bond acceptors (Lipinski definition) is 1. The fraction of sp³-hybridized carbons (Fsp3) is 1.00. The minimum absolute atomic E-state index is 0.615. The molecule has 1 nitrogen and oxygen atoms in total. The van der Waals surface area contributed by atoms with E-state index in [9.17, 15) is 0 Å². The van der Waals surface area contributed by atoms with Gasteiger partial charge in [0.25, 0.3) is 0 Å². The standard InChI is InChI=1S/C12H22O/c1-3-11(5-6-11)9-13-10-12(4-2)7-8-12/h3-10H2,1-2H3. The number of rotatable bonds is 6. The summed E-state index contributed by atoms with van der Waals surface area (Å²) >= 11 is 0. The monoisotopic (exact) mass is 182 g/mol. The summed E-state index contributed by atoms with van der Waals surface area (Å²) < 4.78 is 5.87. The van der Waals surface area contributed by atoms with Gasteiger partial charge in [0.15, 0.2) is 0 Å². The quantitative estimate of drug-likeness (QED) is 0.612. The second kappa shape index (κ2) is 3.27. The predicted octanol–water partition coefficient (Wildman–Crippen LogP) is 3.38. The molecule has 13 heavy (non-hydrogen) atoms. The Labute approximate surface area is 81.9 Å². The Morgan fingerprint density at radius 1 is 0.846 bits per heavy atom. The van der Waals surface area contributed by atoms with Crippen molar-refractivity contribution < 1.29 is 4.74 Å². The molecule has 0 saturated heterocycles. The first-order chi connectivity index (χ1) is 6.24. The van der Waals surface area contributed by atoms with E-state index in [4.69, 9.17) is 4.74 Å². The van der Waals surface area contributed by atoms with Gasteiger partial charge >= 0.3 is 0 Å². The Balaban J connectivity index is 1.64. The van der Waals surface area contributed by atoms with E-state index >= 15 is 0 Å². The van der Waals surface area contributed by atoms with Crippen molar-refractivity contribution in [2.75, 3.05) is 13.2 Å². The zero-order valence-electron chi connectivity index (χ0n) is 9.07. The molecule has 0 aromatic heterocycles. The van der Waals surface area contributed by atoms with Crippen LogP contribution in [0.15, 0.2) is 0 Å². The number of hydrogen-bond donors (Lipinski definition) is 0. The Bertz CT molecular complexity index is 158. The first kappa shape index (κ1) is 9.51. The van der Waals surface area contributed by atoms with Crippen LogP contribution in [0.5, 0.6) is 0 Å². The minimum Gasteiger partial charge on any atom is -0.380 e. The molecule has 0 amide bonds. The van der Waals surface area contributed by atoms with Gasteiger partial charge in [-0.15, -0.1) is 0 Å². The molecule has 0 radical (unpaired) electrons. The van der Waals surface area contributed by atoms with Gasteiger partial charge in [-0.25, -0.2) is 0 Å². The lowest BCUT2D eigenvalue weighted by molar-refractivity contribution is 0.0535. The van der Waals surface area contributed by atoms with Gasteiger partial charge in [0.2, 0.25) is 0 Å². The van der Waals surface area contributed by atoms with E-state index in [1.165, 1.54) is 38.5 Å². The van der Waals surface area contributed by atoms with Crippen LogP contribution in [0.3, 0.4) is 0 Å². The van der Waals surface area contributed by atoms with E-state index in [0.717, 1.165) is 13.2 Å². The molecule has 0 bridgehead atoms. The third-order valence-corrected chi connectivity index (χ3v) is 4.23. The van der Waals surface area contributed by atoms with E-state index in [1.807, 2.05) is 0 Å². The summed E-state index contributed by atoms with van der Waals surface area (Å²) in [6.07, 6.45) is 8.24. The summed E-state index contributed by atoms with van der Waals surface area (Å²) in [6.45, 7) is 6.66. The number of ether oxygens (including phenoxy) is 1. The molecule has 0 atom stereocenters. The molecule has 2 fully saturated rings. The fourth-order valence-electron chi connectivity index (χ4n) is 2.04. The maximum absolute atomic E-state index is 5.87. The summed E-state index contributed by atoms with van der Waals surface area (Å²) in [6, 6.07) is 0. The molecule has 0 aliphatic heterocycles. The predicted molar refractivity (Wildman–Crippen MR) is 54.7 cm³/mol. The molecular formula is C12H22O. The third-order valence-electron chi connectivity index (χ3n) is 4.23. The molecule has 0 heterocycles. The highest BCUT2D eigenvalue weighted by Gasteiger charge is 2.44. The average Bonchev–Trinajstić information content (AvgIpc) is 3.01. The van der Waals surface area contributed by atoms with Crippen molar-refractivity contribution in [1.82, 2.24) is 0 Å². The van der Waals surface area contributed by atoms with Crippen LogP contribution in [0.4, 0.5) is 0 Å². The summed E-state index contributed by atoms with van der Waals surface area (Å²) in [5.74, 6) is 0. The Hall–Kier alpha value is -0.0400. The molecule has 0 N–H and O–H groups in total. The average molecular weight is 182 g/mol. The highest BCUT2D eigenvalue weighted by atomic mass is 16.5. The van der Waals surface area contributed by atoms with Crippen molar-refractivity contribution in [3.05, 3.63) is 0 Å². The zero-order valence-corrected chi connectivity index (χ0v) is 9.07. The van der Waals surface area contributed by atoms with Crippen molar-refractivity contribution in [3.8, 4) is 0 Å². The Kier molecular flexibility index (Phi) is 2.39. The molecule has 2 rings (SSSR count). The van der Waals surface area contributed by atoms with Gasteiger partial charge < -0.3 is 4.74 Å². The summed E-state index contributed by atoms with van der Waals surface area (Å²) in [4.78, 5) is 0. The van der Waals surface area contributed by atoms with Crippen LogP contribution >= 0.6 is 0 Å². The maximum atomic E-state index is 5.87. The SMILES string of the molecule is CCC1(COCC2(CC)CC2)CC1. The van der Waals surface area contributed by atoms with Crippen molar-refractivity contribution in [1.29, 1.82) is 0 Å². The Morgan fingerprint density at radius 3 is 1.46 bits per heavy atom. The van der Waals surface area contributed by atoms with Gasteiger partial charge in [-0.2, -0.15) is 0 Å². The smallest absolute Gasteiger partial charge is 0.0522 e. The van der Waals surface area contributed by atoms with Crippen molar-refractivity contribution >= 4 is 0 Å². The third kappa shape index (κ3) is 2.07. The lowest BCUT2D eigenvalue weighted by Crippen LogP contribution is -2.15. The molecule has 1 heteroatoms. The zero-order chi connectivity index (χ0) is 9.36. The second-order valence-electron chi connectivity index (χ2n) is 5.20. The first-order valence-electron chi connectivity index (χ1n) is 5.82. The highest BCUT2D eigenvalue weighted by molar-refractivity contribution is 4.94. The van der Waals surface area contributed by atoms with Crippen LogP contribution in [-0.4, -0.2) is 13.2 Å². The summed E-state index contributed by atoms with van der Waals surface area (Å²) in [5.41, 5.74) is 1.23. The van der Waals surface area contributed by atoms with Crippen molar-refractivity contribution in [2.45, 2.75) is 52.4 Å². The van der Waals surface area contributed by atoms with Crippen LogP contribution in [0.1, 0.15) is 52.4 Å². The highest BCUT2D eigenvalue weighted by Crippen LogP contribution is 2.51. The van der Waals surface area contributed by atoms with E-state index in [0.29, 0.717) is 10.8 Å². The van der Waals surface area contributed by atoms with Crippen LogP contribution < -0.4 is 0 Å². The van der Waals surface area contributed by atoms with E-state index < -0.39 is 0 Å². The van der Waals surface area contributed by atoms with Gasteiger partial charge in [-0.05, 0) is 49.4 Å². The lowest BCUT2D eigenvalue weighted by Gasteiger charge is -2.17. The van der Waals surface area contributed by atoms with Crippen molar-refractivity contribution in [3.63, 3.8) is 0 Å². The van der Waals surface area contributed by atoms with Gasteiger partial charge in [-0.3, -0.25) is 0 Å². The van der Waals surface area contributed by atoms with Gasteiger partial charge in [0.05, 0.1) is 13.2 Å². The molecule has 2 aliphatic rings. The lowest BCUT2D eigenvalue weighted by atomic mass is 10.0. The fourth-order valence-corrected chi connectivity index (χ4v) is 2.04.